The van der Waals surface area contributed by atoms with E-state index in [0.717, 1.165) is 32.1 Å². The van der Waals surface area contributed by atoms with E-state index in [1.165, 1.54) is 0 Å². The summed E-state index contributed by atoms with van der Waals surface area (Å²) in [7, 11) is 0. The Morgan fingerprint density at radius 2 is 1.52 bits per heavy atom. The predicted octanol–water partition coefficient (Wildman–Crippen LogP) is 4.84. The fraction of sp³-hybridized carbons (Fsp3) is 0.909. The molecule has 156 valence electrons. The first-order valence-corrected chi connectivity index (χ1v) is 10.5. The van der Waals surface area contributed by atoms with Gasteiger partial charge in [0.1, 0.15) is 5.60 Å². The van der Waals surface area contributed by atoms with E-state index in [1.807, 2.05) is 41.5 Å². The van der Waals surface area contributed by atoms with Crippen molar-refractivity contribution in [3.63, 3.8) is 0 Å². The van der Waals surface area contributed by atoms with Crippen LogP contribution in [0.25, 0.3) is 0 Å². The normalized spacial score (nSPS) is 24.0. The van der Waals surface area contributed by atoms with E-state index in [9.17, 15) is 9.59 Å². The van der Waals surface area contributed by atoms with Gasteiger partial charge in [0.15, 0.2) is 0 Å². The van der Waals surface area contributed by atoms with Gasteiger partial charge < -0.3 is 14.5 Å². The highest BCUT2D eigenvalue weighted by atomic mass is 16.6. The maximum atomic E-state index is 13.3. The van der Waals surface area contributed by atoms with E-state index >= 15 is 0 Å². The third kappa shape index (κ3) is 5.86. The standard InChI is InChI=1S/C22H40N2O3/c1-20(2,3)18(25)24(16-9-12-22(7,8)13-10-16)17-11-14-23(15-17)19(26)27-21(4,5)6/h16-17H,9-15H2,1-8H3. The number of amides is 2. The summed E-state index contributed by atoms with van der Waals surface area (Å²) in [6, 6.07) is 0.379. The van der Waals surface area contributed by atoms with Crippen LogP contribution in [0.15, 0.2) is 0 Å². The maximum absolute atomic E-state index is 13.3. The minimum atomic E-state index is -0.495. The Balaban J connectivity index is 2.13. The van der Waals surface area contributed by atoms with Gasteiger partial charge in [-0.25, -0.2) is 4.79 Å². The molecule has 1 aliphatic carbocycles. The van der Waals surface area contributed by atoms with E-state index in [2.05, 4.69) is 18.7 Å². The van der Waals surface area contributed by atoms with E-state index in [4.69, 9.17) is 4.74 Å². The van der Waals surface area contributed by atoms with Crippen LogP contribution >= 0.6 is 0 Å². The van der Waals surface area contributed by atoms with Gasteiger partial charge in [0, 0.05) is 24.5 Å². The van der Waals surface area contributed by atoms with Crippen LogP contribution in [0.4, 0.5) is 4.79 Å². The summed E-state index contributed by atoms with van der Waals surface area (Å²) < 4.78 is 5.53. The number of rotatable bonds is 2. The zero-order valence-corrected chi connectivity index (χ0v) is 18.7. The fourth-order valence-corrected chi connectivity index (χ4v) is 4.14. The fourth-order valence-electron chi connectivity index (χ4n) is 4.14. The SMILES string of the molecule is CC1(C)CCC(N(C(=O)C(C)(C)C)C2CCN(C(=O)OC(C)(C)C)C2)CC1. The van der Waals surface area contributed by atoms with Gasteiger partial charge in [0.2, 0.25) is 5.91 Å². The van der Waals surface area contributed by atoms with E-state index in [1.54, 1.807) is 4.90 Å². The molecule has 0 N–H and O–H groups in total. The number of hydrogen-bond donors (Lipinski definition) is 0. The van der Waals surface area contributed by atoms with Crippen molar-refractivity contribution in [1.29, 1.82) is 0 Å². The summed E-state index contributed by atoms with van der Waals surface area (Å²) in [5.41, 5.74) is -0.539. The summed E-state index contributed by atoms with van der Waals surface area (Å²) in [5, 5.41) is 0. The Hall–Kier alpha value is -1.26. The molecule has 1 aliphatic heterocycles. The quantitative estimate of drug-likeness (QED) is 0.689. The molecule has 0 bridgehead atoms. The first-order valence-electron chi connectivity index (χ1n) is 10.5. The number of hydrogen-bond acceptors (Lipinski definition) is 3. The van der Waals surface area contributed by atoms with Crippen LogP contribution in [0.2, 0.25) is 0 Å². The summed E-state index contributed by atoms with van der Waals surface area (Å²) in [4.78, 5) is 29.7. The van der Waals surface area contributed by atoms with Crippen LogP contribution < -0.4 is 0 Å². The molecular weight excluding hydrogens is 340 g/mol. The van der Waals surface area contributed by atoms with Crippen LogP contribution in [0.3, 0.4) is 0 Å². The van der Waals surface area contributed by atoms with Gasteiger partial charge in [-0.1, -0.05) is 34.6 Å². The second kappa shape index (κ2) is 7.63. The second-order valence-corrected chi connectivity index (χ2v) is 11.2. The molecule has 5 heteroatoms. The van der Waals surface area contributed by atoms with Crippen molar-refractivity contribution >= 4 is 12.0 Å². The van der Waals surface area contributed by atoms with Crippen molar-refractivity contribution in [3.05, 3.63) is 0 Å². The summed E-state index contributed by atoms with van der Waals surface area (Å²) in [5.74, 6) is 0.211. The number of carbonyl (C=O) groups excluding carboxylic acids is 2. The molecule has 0 spiro atoms. The Kier molecular flexibility index (Phi) is 6.23. The lowest BCUT2D eigenvalue weighted by Crippen LogP contribution is -2.53. The lowest BCUT2D eigenvalue weighted by Gasteiger charge is -2.45. The van der Waals surface area contributed by atoms with E-state index < -0.39 is 11.0 Å². The minimum absolute atomic E-state index is 0.0930. The Morgan fingerprint density at radius 3 is 2.00 bits per heavy atom. The average Bonchev–Trinajstić information content (AvgIpc) is 2.96. The van der Waals surface area contributed by atoms with Crippen molar-refractivity contribution in [2.45, 2.75) is 105 Å². The first kappa shape index (κ1) is 22.0. The van der Waals surface area contributed by atoms with Crippen LogP contribution in [0, 0.1) is 10.8 Å². The van der Waals surface area contributed by atoms with Crippen LogP contribution in [0.5, 0.6) is 0 Å². The minimum Gasteiger partial charge on any atom is -0.444 e. The average molecular weight is 381 g/mol. The maximum Gasteiger partial charge on any atom is 0.410 e. The van der Waals surface area contributed by atoms with Crippen LogP contribution in [0.1, 0.15) is 87.5 Å². The smallest absolute Gasteiger partial charge is 0.410 e. The molecule has 0 aromatic rings. The third-order valence-electron chi connectivity index (χ3n) is 5.79. The lowest BCUT2D eigenvalue weighted by atomic mass is 9.74. The highest BCUT2D eigenvalue weighted by molar-refractivity contribution is 5.82. The highest BCUT2D eigenvalue weighted by Gasteiger charge is 2.42. The molecule has 5 nitrogen and oxygen atoms in total. The summed E-state index contributed by atoms with van der Waals surface area (Å²) in [6.07, 6.45) is 4.97. The monoisotopic (exact) mass is 380 g/mol. The molecule has 2 rings (SSSR count). The van der Waals surface area contributed by atoms with E-state index in [0.29, 0.717) is 18.5 Å². The zero-order valence-electron chi connectivity index (χ0n) is 18.7. The molecule has 1 unspecified atom stereocenters. The molecule has 0 aromatic carbocycles. The van der Waals surface area contributed by atoms with Crippen molar-refractivity contribution in [2.75, 3.05) is 13.1 Å². The molecule has 27 heavy (non-hydrogen) atoms. The predicted molar refractivity (Wildman–Crippen MR) is 109 cm³/mol. The van der Waals surface area contributed by atoms with Gasteiger partial charge in [0.25, 0.3) is 0 Å². The highest BCUT2D eigenvalue weighted by Crippen LogP contribution is 2.39. The Morgan fingerprint density at radius 1 is 0.963 bits per heavy atom. The van der Waals surface area contributed by atoms with Gasteiger partial charge in [0.05, 0.1) is 6.04 Å². The zero-order chi connectivity index (χ0) is 20.6. The number of likely N-dealkylation sites (tertiary alicyclic amines) is 1. The molecule has 1 atom stereocenters. The first-order chi connectivity index (χ1) is 12.2. The number of nitrogens with zero attached hydrogens (tertiary/aromatic N) is 2. The molecule has 1 heterocycles. The molecule has 2 aliphatic rings. The summed E-state index contributed by atoms with van der Waals surface area (Å²) >= 11 is 0. The van der Waals surface area contributed by atoms with E-state index in [-0.39, 0.29) is 24.1 Å². The van der Waals surface area contributed by atoms with Crippen molar-refractivity contribution in [2.24, 2.45) is 10.8 Å². The molecule has 2 fully saturated rings. The Labute approximate surface area is 165 Å². The topological polar surface area (TPSA) is 49.9 Å². The summed E-state index contributed by atoms with van der Waals surface area (Å²) in [6.45, 7) is 17.5. The molecular formula is C22H40N2O3. The Bertz CT molecular complexity index is 547. The second-order valence-electron chi connectivity index (χ2n) is 11.2. The number of carbonyl (C=O) groups is 2. The van der Waals surface area contributed by atoms with Gasteiger partial charge in [-0.05, 0) is 58.3 Å². The van der Waals surface area contributed by atoms with Gasteiger partial charge in [-0.2, -0.15) is 0 Å². The van der Waals surface area contributed by atoms with Crippen molar-refractivity contribution in [3.8, 4) is 0 Å². The van der Waals surface area contributed by atoms with Gasteiger partial charge >= 0.3 is 6.09 Å². The molecule has 2 amide bonds. The van der Waals surface area contributed by atoms with Gasteiger partial charge in [-0.15, -0.1) is 0 Å². The molecule has 0 aromatic heterocycles. The van der Waals surface area contributed by atoms with Crippen molar-refractivity contribution in [1.82, 2.24) is 9.80 Å². The molecule has 1 saturated heterocycles. The van der Waals surface area contributed by atoms with Crippen LogP contribution in [-0.2, 0) is 9.53 Å². The van der Waals surface area contributed by atoms with Crippen molar-refractivity contribution < 1.29 is 14.3 Å². The lowest BCUT2D eigenvalue weighted by molar-refractivity contribution is -0.146. The number of ether oxygens (including phenoxy) is 1. The molecule has 0 radical (unpaired) electrons. The third-order valence-corrected chi connectivity index (χ3v) is 5.79. The largest absolute Gasteiger partial charge is 0.444 e. The molecule has 1 saturated carbocycles. The van der Waals surface area contributed by atoms with Crippen LogP contribution in [-0.4, -0.2) is 52.6 Å². The van der Waals surface area contributed by atoms with Gasteiger partial charge in [-0.3, -0.25) is 4.79 Å².